The number of aromatic nitrogens is 3. The molecule has 0 saturated carbocycles. The monoisotopic (exact) mass is 752 g/mol. The van der Waals surface area contributed by atoms with Crippen molar-refractivity contribution >= 4 is 22.1 Å². The van der Waals surface area contributed by atoms with Crippen LogP contribution < -0.4 is 0 Å². The maximum Gasteiger partial charge on any atom is 0.216 e. The van der Waals surface area contributed by atoms with E-state index < -0.39 is 0 Å². The largest absolute Gasteiger partial charge is 0.486 e. The second-order valence-corrected chi connectivity index (χ2v) is 11.6. The van der Waals surface area contributed by atoms with E-state index in [0.29, 0.717) is 5.71 Å². The predicted molar refractivity (Wildman–Crippen MR) is 175 cm³/mol. The van der Waals surface area contributed by atoms with Crippen molar-refractivity contribution in [3.8, 4) is 22.5 Å². The Morgan fingerprint density at radius 3 is 2.27 bits per heavy atom. The normalized spacial score (nSPS) is 11.1. The van der Waals surface area contributed by atoms with Crippen molar-refractivity contribution in [2.45, 2.75) is 39.5 Å². The molecule has 44 heavy (non-hydrogen) atoms. The van der Waals surface area contributed by atoms with E-state index in [9.17, 15) is 0 Å². The molecule has 0 aliphatic rings. The van der Waals surface area contributed by atoms with Crippen molar-refractivity contribution in [3.63, 3.8) is 0 Å². The molecule has 0 N–H and O–H groups in total. The first-order valence-corrected chi connectivity index (χ1v) is 14.5. The SMILES string of the molecule is Cc1cnc(-c2[c-]ccc3c2oc2nc(Cc4ccccc4)ccc23)cc1C(C)(C)C.[Ir].[c-]1ccccc1-c1ccccn1. The van der Waals surface area contributed by atoms with E-state index in [4.69, 9.17) is 14.4 Å². The van der Waals surface area contributed by atoms with Crippen LogP contribution in [0.3, 0.4) is 0 Å². The van der Waals surface area contributed by atoms with Gasteiger partial charge in [-0.05, 0) is 58.6 Å². The first-order valence-electron chi connectivity index (χ1n) is 14.5. The van der Waals surface area contributed by atoms with Crippen LogP contribution in [0.2, 0.25) is 0 Å². The van der Waals surface area contributed by atoms with Gasteiger partial charge in [0.2, 0.25) is 5.71 Å². The second-order valence-electron chi connectivity index (χ2n) is 11.6. The minimum atomic E-state index is 0. The zero-order valence-corrected chi connectivity index (χ0v) is 27.7. The number of pyridine rings is 3. The van der Waals surface area contributed by atoms with E-state index in [1.807, 2.05) is 66.9 Å². The Kier molecular flexibility index (Phi) is 9.49. The van der Waals surface area contributed by atoms with Crippen LogP contribution in [-0.2, 0) is 31.9 Å². The summed E-state index contributed by atoms with van der Waals surface area (Å²) < 4.78 is 6.29. The van der Waals surface area contributed by atoms with Gasteiger partial charge in [0.05, 0.1) is 5.58 Å². The van der Waals surface area contributed by atoms with E-state index in [0.717, 1.165) is 51.0 Å². The summed E-state index contributed by atoms with van der Waals surface area (Å²) in [5.41, 5.74) is 9.96. The van der Waals surface area contributed by atoms with E-state index in [1.165, 1.54) is 16.7 Å². The van der Waals surface area contributed by atoms with Crippen LogP contribution in [0.25, 0.3) is 44.6 Å². The Bertz CT molecular complexity index is 1940. The maximum atomic E-state index is 6.29. The van der Waals surface area contributed by atoms with Crippen LogP contribution in [0.15, 0.2) is 120 Å². The molecule has 0 atom stereocenters. The summed E-state index contributed by atoms with van der Waals surface area (Å²) in [4.78, 5) is 13.7. The third-order valence-electron chi connectivity index (χ3n) is 7.40. The summed E-state index contributed by atoms with van der Waals surface area (Å²) in [5, 5.41) is 2.06. The molecule has 0 saturated heterocycles. The molecule has 4 aromatic heterocycles. The Morgan fingerprint density at radius 1 is 0.750 bits per heavy atom. The topological polar surface area (TPSA) is 51.8 Å². The van der Waals surface area contributed by atoms with Crippen molar-refractivity contribution in [2.24, 2.45) is 0 Å². The molecular weight excluding hydrogens is 719 g/mol. The van der Waals surface area contributed by atoms with Gasteiger partial charge in [0, 0.05) is 50.0 Å². The van der Waals surface area contributed by atoms with E-state index in [-0.39, 0.29) is 25.5 Å². The standard InChI is InChI=1S/C28H25N2O.C11H8N.Ir/c1-18-17-29-25(16-24(18)28(2,3)4)23-12-8-11-21-22-14-13-20(30-27(22)31-26(21)23)15-19-9-6-5-7-10-19;1-2-6-10(7-3-1)11-8-4-5-9-12-11;/h5-11,13-14,16-17H,15H2,1-4H3;1-6,8-9H;/q2*-1;. The molecule has 7 rings (SSSR count). The summed E-state index contributed by atoms with van der Waals surface area (Å²) in [6.07, 6.45) is 4.51. The molecular formula is C39H33IrN3O-2. The molecule has 221 valence electrons. The van der Waals surface area contributed by atoms with Crippen LogP contribution in [0.4, 0.5) is 0 Å². The molecule has 4 nitrogen and oxygen atoms in total. The maximum absolute atomic E-state index is 6.29. The molecule has 1 radical (unpaired) electrons. The van der Waals surface area contributed by atoms with Crippen LogP contribution >= 0.6 is 0 Å². The van der Waals surface area contributed by atoms with E-state index in [2.05, 4.69) is 87.3 Å². The van der Waals surface area contributed by atoms with Crippen LogP contribution in [0.5, 0.6) is 0 Å². The minimum absolute atomic E-state index is 0. The zero-order chi connectivity index (χ0) is 29.8. The Balaban J connectivity index is 0.000000248. The first kappa shape index (κ1) is 31.0. The number of hydrogen-bond acceptors (Lipinski definition) is 4. The van der Waals surface area contributed by atoms with Gasteiger partial charge in [-0.25, -0.2) is 4.98 Å². The fourth-order valence-electron chi connectivity index (χ4n) is 5.30. The van der Waals surface area contributed by atoms with Crippen LogP contribution in [-0.4, -0.2) is 15.0 Å². The molecule has 3 aromatic carbocycles. The fraction of sp³-hybridized carbons (Fsp3) is 0.154. The third-order valence-corrected chi connectivity index (χ3v) is 7.40. The summed E-state index contributed by atoms with van der Waals surface area (Å²) in [7, 11) is 0. The number of benzene rings is 3. The van der Waals surface area contributed by atoms with Gasteiger partial charge >= 0.3 is 0 Å². The van der Waals surface area contributed by atoms with Gasteiger partial charge in [0.25, 0.3) is 0 Å². The Morgan fingerprint density at radius 2 is 1.55 bits per heavy atom. The fourth-order valence-corrected chi connectivity index (χ4v) is 5.30. The van der Waals surface area contributed by atoms with Gasteiger partial charge in [-0.2, -0.15) is 0 Å². The van der Waals surface area contributed by atoms with Gasteiger partial charge in [0.15, 0.2) is 0 Å². The van der Waals surface area contributed by atoms with Gasteiger partial charge in [-0.3, -0.25) is 0 Å². The number of hydrogen-bond donors (Lipinski definition) is 0. The number of nitrogens with zero attached hydrogens (tertiary/aromatic N) is 3. The average molecular weight is 752 g/mol. The Labute approximate surface area is 272 Å². The summed E-state index contributed by atoms with van der Waals surface area (Å²) in [5.74, 6) is 0. The minimum Gasteiger partial charge on any atom is -0.486 e. The summed E-state index contributed by atoms with van der Waals surface area (Å²) in [6, 6.07) is 40.9. The zero-order valence-electron chi connectivity index (χ0n) is 25.3. The number of furan rings is 1. The van der Waals surface area contributed by atoms with Crippen molar-refractivity contribution in [3.05, 3.63) is 150 Å². The molecule has 0 fully saturated rings. The molecule has 0 unspecified atom stereocenters. The number of fused-ring (bicyclic) bond motifs is 3. The van der Waals surface area contributed by atoms with Gasteiger partial charge in [0.1, 0.15) is 0 Å². The average Bonchev–Trinajstić information content (AvgIpc) is 3.41. The summed E-state index contributed by atoms with van der Waals surface area (Å²) in [6.45, 7) is 8.79. The van der Waals surface area contributed by atoms with Gasteiger partial charge < -0.3 is 14.4 Å². The van der Waals surface area contributed by atoms with Crippen LogP contribution in [0.1, 0.15) is 43.2 Å². The predicted octanol–water partition coefficient (Wildman–Crippen LogP) is 9.59. The molecule has 0 aliphatic heterocycles. The van der Waals surface area contributed by atoms with Gasteiger partial charge in [-0.15, -0.1) is 54.1 Å². The first-order chi connectivity index (χ1) is 20.9. The molecule has 0 amide bonds. The molecule has 5 heteroatoms. The molecule has 0 aliphatic carbocycles. The quantitative estimate of drug-likeness (QED) is 0.168. The van der Waals surface area contributed by atoms with Crippen molar-refractivity contribution in [1.29, 1.82) is 0 Å². The Hall–Kier alpha value is -4.44. The molecule has 0 spiro atoms. The van der Waals surface area contributed by atoms with E-state index >= 15 is 0 Å². The number of rotatable bonds is 4. The van der Waals surface area contributed by atoms with Crippen molar-refractivity contribution in [2.75, 3.05) is 0 Å². The number of aryl methyl sites for hydroxylation is 1. The second kappa shape index (κ2) is 13.5. The summed E-state index contributed by atoms with van der Waals surface area (Å²) >= 11 is 0. The van der Waals surface area contributed by atoms with Crippen molar-refractivity contribution in [1.82, 2.24) is 15.0 Å². The van der Waals surface area contributed by atoms with Gasteiger partial charge in [-0.1, -0.05) is 80.3 Å². The molecule has 0 bridgehead atoms. The van der Waals surface area contributed by atoms with E-state index in [1.54, 1.807) is 6.20 Å². The molecule has 7 aromatic rings. The van der Waals surface area contributed by atoms with Crippen molar-refractivity contribution < 1.29 is 24.5 Å². The molecule has 4 heterocycles. The third kappa shape index (κ3) is 6.86. The van der Waals surface area contributed by atoms with Crippen LogP contribution in [0, 0.1) is 19.1 Å². The smallest absolute Gasteiger partial charge is 0.216 e.